The Morgan fingerprint density at radius 3 is 2.55 bits per heavy atom. The summed E-state index contributed by atoms with van der Waals surface area (Å²) in [5.41, 5.74) is 0.724. The van der Waals surface area contributed by atoms with Gasteiger partial charge in [0.25, 0.3) is 5.91 Å². The van der Waals surface area contributed by atoms with Crippen molar-refractivity contribution < 1.29 is 27.1 Å². The molecule has 0 saturated carbocycles. The smallest absolute Gasteiger partial charge is 0.258 e. The monoisotopic (exact) mass is 442 g/mol. The number of halogens is 2. The molecular weight excluding hydrogens is 423 g/mol. The van der Waals surface area contributed by atoms with Crippen LogP contribution in [0.3, 0.4) is 0 Å². The fraction of sp³-hybridized carbons (Fsp3) is 0.316. The van der Waals surface area contributed by atoms with Crippen molar-refractivity contribution in [2.75, 3.05) is 32.9 Å². The fourth-order valence-electron chi connectivity index (χ4n) is 2.73. The van der Waals surface area contributed by atoms with Crippen LogP contribution in [0.2, 0.25) is 5.02 Å². The summed E-state index contributed by atoms with van der Waals surface area (Å²) in [6.07, 6.45) is 0. The lowest BCUT2D eigenvalue weighted by molar-refractivity contribution is -0.123. The number of morpholine rings is 1. The molecule has 29 heavy (non-hydrogen) atoms. The molecule has 1 N–H and O–H groups in total. The maximum atomic E-state index is 12.9. The highest BCUT2D eigenvalue weighted by atomic mass is 35.5. The molecule has 1 heterocycles. The van der Waals surface area contributed by atoms with Crippen molar-refractivity contribution in [2.24, 2.45) is 0 Å². The van der Waals surface area contributed by atoms with E-state index in [1.165, 1.54) is 34.6 Å². The third-order valence-electron chi connectivity index (χ3n) is 4.26. The van der Waals surface area contributed by atoms with Gasteiger partial charge in [0.2, 0.25) is 10.0 Å². The molecule has 0 bridgehead atoms. The highest BCUT2D eigenvalue weighted by molar-refractivity contribution is 7.89. The molecule has 0 atom stereocenters. The molecule has 2 aromatic rings. The van der Waals surface area contributed by atoms with E-state index in [9.17, 15) is 17.6 Å². The van der Waals surface area contributed by atoms with Crippen LogP contribution in [-0.4, -0.2) is 51.5 Å². The summed E-state index contributed by atoms with van der Waals surface area (Å²) in [7, 11) is -3.85. The fourth-order valence-corrected chi connectivity index (χ4v) is 4.53. The Morgan fingerprint density at radius 1 is 1.17 bits per heavy atom. The number of rotatable bonds is 7. The van der Waals surface area contributed by atoms with Gasteiger partial charge in [0, 0.05) is 24.7 Å². The topological polar surface area (TPSA) is 84.9 Å². The predicted molar refractivity (Wildman–Crippen MR) is 105 cm³/mol. The Kier molecular flexibility index (Phi) is 7.07. The van der Waals surface area contributed by atoms with Gasteiger partial charge in [-0.1, -0.05) is 23.7 Å². The van der Waals surface area contributed by atoms with E-state index in [0.717, 1.165) is 5.56 Å². The Balaban J connectivity index is 1.66. The van der Waals surface area contributed by atoms with Crippen molar-refractivity contribution in [3.8, 4) is 5.75 Å². The van der Waals surface area contributed by atoms with Crippen molar-refractivity contribution in [1.29, 1.82) is 0 Å². The highest BCUT2D eigenvalue weighted by Gasteiger charge is 2.29. The summed E-state index contributed by atoms with van der Waals surface area (Å²) >= 11 is 5.98. The second-order valence-electron chi connectivity index (χ2n) is 6.30. The first kappa shape index (κ1) is 21.5. The quantitative estimate of drug-likeness (QED) is 0.710. The minimum atomic E-state index is -3.85. The van der Waals surface area contributed by atoms with Gasteiger partial charge in [-0.15, -0.1) is 0 Å². The van der Waals surface area contributed by atoms with Crippen LogP contribution < -0.4 is 10.1 Å². The average molecular weight is 443 g/mol. The summed E-state index contributed by atoms with van der Waals surface area (Å²) < 4.78 is 50.8. The van der Waals surface area contributed by atoms with Gasteiger partial charge >= 0.3 is 0 Å². The summed E-state index contributed by atoms with van der Waals surface area (Å²) in [6, 6.07) is 9.93. The molecule has 7 nitrogen and oxygen atoms in total. The van der Waals surface area contributed by atoms with Crippen LogP contribution in [-0.2, 0) is 26.1 Å². The van der Waals surface area contributed by atoms with E-state index in [1.54, 1.807) is 12.1 Å². The number of hydrogen-bond acceptors (Lipinski definition) is 5. The van der Waals surface area contributed by atoms with Crippen molar-refractivity contribution in [1.82, 2.24) is 9.62 Å². The van der Waals surface area contributed by atoms with Crippen LogP contribution in [0.4, 0.5) is 4.39 Å². The first-order valence-electron chi connectivity index (χ1n) is 8.87. The van der Waals surface area contributed by atoms with E-state index in [-0.39, 0.29) is 47.7 Å². The Hall–Kier alpha value is -2.20. The average Bonchev–Trinajstić information content (AvgIpc) is 2.73. The zero-order valence-electron chi connectivity index (χ0n) is 15.4. The minimum absolute atomic E-state index is 0.0397. The molecule has 0 spiro atoms. The van der Waals surface area contributed by atoms with Crippen LogP contribution in [0.25, 0.3) is 0 Å². The van der Waals surface area contributed by atoms with Crippen molar-refractivity contribution >= 4 is 27.5 Å². The van der Waals surface area contributed by atoms with Gasteiger partial charge in [-0.05, 0) is 35.9 Å². The summed E-state index contributed by atoms with van der Waals surface area (Å²) in [5, 5.41) is 2.87. The number of carbonyl (C=O) groups excluding carboxylic acids is 1. The number of amides is 1. The van der Waals surface area contributed by atoms with Crippen LogP contribution in [0, 0.1) is 5.82 Å². The van der Waals surface area contributed by atoms with Gasteiger partial charge < -0.3 is 14.8 Å². The molecule has 2 aromatic carbocycles. The molecule has 0 radical (unpaired) electrons. The number of sulfonamides is 1. The van der Waals surface area contributed by atoms with Gasteiger partial charge in [0.05, 0.1) is 13.2 Å². The lowest BCUT2D eigenvalue weighted by Crippen LogP contribution is -2.40. The third-order valence-corrected chi connectivity index (χ3v) is 6.41. The Morgan fingerprint density at radius 2 is 1.86 bits per heavy atom. The maximum Gasteiger partial charge on any atom is 0.258 e. The molecular formula is C19H20ClFN2O5S. The second-order valence-corrected chi connectivity index (χ2v) is 8.64. The van der Waals surface area contributed by atoms with Gasteiger partial charge in [0.15, 0.2) is 6.61 Å². The number of benzene rings is 2. The Labute approximate surface area is 173 Å². The molecule has 1 amide bonds. The van der Waals surface area contributed by atoms with E-state index in [0.29, 0.717) is 13.2 Å². The van der Waals surface area contributed by atoms with Gasteiger partial charge in [-0.2, -0.15) is 4.31 Å². The molecule has 1 aliphatic heterocycles. The summed E-state index contributed by atoms with van der Waals surface area (Å²) in [4.78, 5) is 12.0. The molecule has 0 unspecified atom stereocenters. The largest absolute Gasteiger partial charge is 0.482 e. The van der Waals surface area contributed by atoms with Crippen molar-refractivity contribution in [3.63, 3.8) is 0 Å². The van der Waals surface area contributed by atoms with E-state index in [4.69, 9.17) is 21.1 Å². The molecule has 1 aliphatic rings. The van der Waals surface area contributed by atoms with Crippen LogP contribution >= 0.6 is 11.6 Å². The summed E-state index contributed by atoms with van der Waals surface area (Å²) in [5.74, 6) is -0.767. The zero-order valence-corrected chi connectivity index (χ0v) is 17.0. The first-order valence-corrected chi connectivity index (χ1v) is 10.7. The van der Waals surface area contributed by atoms with E-state index in [1.807, 2.05) is 0 Å². The van der Waals surface area contributed by atoms with E-state index >= 15 is 0 Å². The zero-order chi connectivity index (χ0) is 20.9. The van der Waals surface area contributed by atoms with E-state index in [2.05, 4.69) is 5.32 Å². The molecule has 3 rings (SSSR count). The number of carbonyl (C=O) groups is 1. The standard InChI is InChI=1S/C19H20ClFN2O5S/c20-15-3-6-17(18(11-15)29(25,26)23-7-9-27-10-8-23)28-13-19(24)22-12-14-1-4-16(21)5-2-14/h1-6,11H,7-10,12-13H2,(H,22,24). The molecule has 1 saturated heterocycles. The highest BCUT2D eigenvalue weighted by Crippen LogP contribution is 2.30. The SMILES string of the molecule is O=C(COc1ccc(Cl)cc1S(=O)(=O)N1CCOCC1)NCc1ccc(F)cc1. The summed E-state index contributed by atoms with van der Waals surface area (Å²) in [6.45, 7) is 0.888. The normalized spacial score (nSPS) is 15.1. The number of nitrogens with one attached hydrogen (secondary N) is 1. The van der Waals surface area contributed by atoms with Gasteiger partial charge in [0.1, 0.15) is 16.5 Å². The predicted octanol–water partition coefficient (Wildman–Crippen LogP) is 2.20. The number of hydrogen-bond donors (Lipinski definition) is 1. The maximum absolute atomic E-state index is 12.9. The van der Waals surface area contributed by atoms with Gasteiger partial charge in [-0.3, -0.25) is 4.79 Å². The van der Waals surface area contributed by atoms with Crippen LogP contribution in [0.1, 0.15) is 5.56 Å². The second kappa shape index (κ2) is 9.53. The minimum Gasteiger partial charge on any atom is -0.482 e. The molecule has 1 fully saturated rings. The van der Waals surface area contributed by atoms with Crippen LogP contribution in [0.15, 0.2) is 47.4 Å². The van der Waals surface area contributed by atoms with E-state index < -0.39 is 15.9 Å². The lowest BCUT2D eigenvalue weighted by Gasteiger charge is -2.26. The van der Waals surface area contributed by atoms with Crippen LogP contribution in [0.5, 0.6) is 5.75 Å². The number of nitrogens with zero attached hydrogens (tertiary/aromatic N) is 1. The molecule has 10 heteroatoms. The van der Waals surface area contributed by atoms with Gasteiger partial charge in [-0.25, -0.2) is 12.8 Å². The number of ether oxygens (including phenoxy) is 2. The molecule has 156 valence electrons. The lowest BCUT2D eigenvalue weighted by atomic mass is 10.2. The molecule has 0 aliphatic carbocycles. The molecule has 0 aromatic heterocycles. The van der Waals surface area contributed by atoms with Crippen molar-refractivity contribution in [2.45, 2.75) is 11.4 Å². The third kappa shape index (κ3) is 5.66. The first-order chi connectivity index (χ1) is 13.9. The van der Waals surface area contributed by atoms with Crippen molar-refractivity contribution in [3.05, 3.63) is 58.9 Å². The Bertz CT molecular complexity index is 963.